The van der Waals surface area contributed by atoms with E-state index in [1.165, 1.54) is 6.08 Å². The Morgan fingerprint density at radius 1 is 1.17 bits per heavy atom. The van der Waals surface area contributed by atoms with Crippen LogP contribution in [0, 0.1) is 0 Å². The third-order valence-corrected chi connectivity index (χ3v) is 6.42. The van der Waals surface area contributed by atoms with Crippen LogP contribution in [0.2, 0.25) is 6.04 Å². The molecule has 0 aromatic heterocycles. The van der Waals surface area contributed by atoms with E-state index in [1.807, 2.05) is 50.2 Å². The molecule has 0 radical (unpaired) electrons. The van der Waals surface area contributed by atoms with Crippen molar-refractivity contribution >= 4 is 26.4 Å². The van der Waals surface area contributed by atoms with Gasteiger partial charge in [0.2, 0.25) is 0 Å². The molecule has 0 amide bonds. The molecule has 0 aliphatic carbocycles. The van der Waals surface area contributed by atoms with Gasteiger partial charge in [-0.25, -0.2) is 0 Å². The summed E-state index contributed by atoms with van der Waals surface area (Å²) in [6.07, 6.45) is 4.20. The molecular formula is C17H27NO4Si. The fourth-order valence-electron chi connectivity index (χ4n) is 2.09. The molecule has 0 atom stereocenters. The lowest BCUT2D eigenvalue weighted by Gasteiger charge is -2.25. The van der Waals surface area contributed by atoms with Crippen molar-refractivity contribution in [1.29, 1.82) is 0 Å². The summed E-state index contributed by atoms with van der Waals surface area (Å²) >= 11 is 0. The lowest BCUT2D eigenvalue weighted by Crippen LogP contribution is -2.44. The van der Waals surface area contributed by atoms with E-state index in [9.17, 15) is 4.79 Å². The molecule has 0 heterocycles. The Morgan fingerprint density at radius 2 is 1.78 bits per heavy atom. The second-order valence-corrected chi connectivity index (χ2v) is 8.39. The molecule has 23 heavy (non-hydrogen) atoms. The molecule has 0 aliphatic heterocycles. The fraction of sp³-hybridized carbons (Fsp3) is 0.471. The number of hydrogen-bond acceptors (Lipinski definition) is 5. The minimum atomic E-state index is -2.69. The highest BCUT2D eigenvalue weighted by molar-refractivity contribution is 6.60. The molecule has 0 bridgehead atoms. The number of nitrogens with zero attached hydrogens (tertiary/aromatic N) is 1. The monoisotopic (exact) mass is 337 g/mol. The van der Waals surface area contributed by atoms with Gasteiger partial charge in [-0.15, -0.1) is 0 Å². The van der Waals surface area contributed by atoms with Crippen LogP contribution in [0.3, 0.4) is 0 Å². The zero-order chi connectivity index (χ0) is 17.3. The lowest BCUT2D eigenvalue weighted by atomic mass is 10.2. The van der Waals surface area contributed by atoms with Crippen LogP contribution in [-0.4, -0.2) is 49.5 Å². The molecule has 0 fully saturated rings. The maximum Gasteiger partial charge on any atom is 0.500 e. The minimum Gasteiger partial charge on any atom is -0.378 e. The number of rotatable bonds is 10. The topological polar surface area (TPSA) is 48.0 Å². The molecule has 1 rings (SSSR count). The van der Waals surface area contributed by atoms with Gasteiger partial charge in [-0.1, -0.05) is 31.6 Å². The van der Waals surface area contributed by atoms with Crippen molar-refractivity contribution in [2.24, 2.45) is 0 Å². The minimum absolute atomic E-state index is 0.0276. The van der Waals surface area contributed by atoms with E-state index in [1.54, 1.807) is 20.3 Å². The van der Waals surface area contributed by atoms with Crippen LogP contribution < -0.4 is 4.90 Å². The lowest BCUT2D eigenvalue weighted by molar-refractivity contribution is -0.117. The van der Waals surface area contributed by atoms with E-state index in [4.69, 9.17) is 13.3 Å². The van der Waals surface area contributed by atoms with Crippen LogP contribution in [0.4, 0.5) is 5.69 Å². The van der Waals surface area contributed by atoms with Gasteiger partial charge in [-0.05, 0) is 23.8 Å². The van der Waals surface area contributed by atoms with Crippen LogP contribution >= 0.6 is 0 Å². The fourth-order valence-corrected chi connectivity index (χ4v) is 4.02. The number of anilines is 1. The molecule has 1 aromatic carbocycles. The van der Waals surface area contributed by atoms with E-state index in [2.05, 4.69) is 0 Å². The Labute approximate surface area is 140 Å². The van der Waals surface area contributed by atoms with Crippen LogP contribution in [0.25, 0.3) is 6.08 Å². The normalized spacial score (nSPS) is 11.9. The summed E-state index contributed by atoms with van der Waals surface area (Å²) in [5.41, 5.74) is 2.09. The maximum atomic E-state index is 12.0. The first-order valence-corrected chi connectivity index (χ1v) is 9.62. The zero-order valence-electron chi connectivity index (χ0n) is 14.7. The average molecular weight is 337 g/mol. The summed E-state index contributed by atoms with van der Waals surface area (Å²) < 4.78 is 16.4. The standard InChI is InChI=1S/C17H27NO4Si/c1-6-13-23(20-4,21-5)22-14-17(19)12-9-15-7-10-16(11-8-15)18(2)3/h7-12H,6,13-14H2,1-5H3. The average Bonchev–Trinajstić information content (AvgIpc) is 2.57. The highest BCUT2D eigenvalue weighted by atomic mass is 28.4. The van der Waals surface area contributed by atoms with Crippen molar-refractivity contribution in [2.45, 2.75) is 19.4 Å². The van der Waals surface area contributed by atoms with Gasteiger partial charge in [0.15, 0.2) is 5.78 Å². The Morgan fingerprint density at radius 3 is 2.26 bits per heavy atom. The van der Waals surface area contributed by atoms with E-state index in [0.717, 1.165) is 17.7 Å². The maximum absolute atomic E-state index is 12.0. The Kier molecular flexibility index (Phi) is 8.18. The third-order valence-electron chi connectivity index (χ3n) is 3.48. The van der Waals surface area contributed by atoms with Gasteiger partial charge < -0.3 is 18.2 Å². The Balaban J connectivity index is 2.58. The van der Waals surface area contributed by atoms with E-state index < -0.39 is 8.80 Å². The summed E-state index contributed by atoms with van der Waals surface area (Å²) in [6.45, 7) is 2.00. The Bertz CT molecular complexity index is 510. The molecule has 1 aromatic rings. The van der Waals surface area contributed by atoms with Crippen molar-refractivity contribution in [3.05, 3.63) is 35.9 Å². The summed E-state index contributed by atoms with van der Waals surface area (Å²) in [6, 6.07) is 8.66. The smallest absolute Gasteiger partial charge is 0.378 e. The largest absolute Gasteiger partial charge is 0.500 e. The van der Waals surface area contributed by atoms with E-state index in [0.29, 0.717) is 6.04 Å². The molecule has 5 nitrogen and oxygen atoms in total. The quantitative estimate of drug-likeness (QED) is 0.485. The van der Waals surface area contributed by atoms with Crippen LogP contribution in [-0.2, 0) is 18.1 Å². The molecular weight excluding hydrogens is 310 g/mol. The van der Waals surface area contributed by atoms with Crippen molar-refractivity contribution in [1.82, 2.24) is 0 Å². The van der Waals surface area contributed by atoms with Gasteiger partial charge in [0.05, 0.1) is 0 Å². The second kappa shape index (κ2) is 9.62. The number of hydrogen-bond donors (Lipinski definition) is 0. The molecule has 0 spiro atoms. The summed E-state index contributed by atoms with van der Waals surface area (Å²) in [4.78, 5) is 14.0. The summed E-state index contributed by atoms with van der Waals surface area (Å²) in [5, 5.41) is 0. The van der Waals surface area contributed by atoms with Gasteiger partial charge in [0.1, 0.15) is 6.61 Å². The van der Waals surface area contributed by atoms with Crippen molar-refractivity contribution in [2.75, 3.05) is 39.8 Å². The van der Waals surface area contributed by atoms with Crippen molar-refractivity contribution < 1.29 is 18.1 Å². The zero-order valence-corrected chi connectivity index (χ0v) is 15.7. The van der Waals surface area contributed by atoms with Gasteiger partial charge in [-0.3, -0.25) is 4.79 Å². The summed E-state index contributed by atoms with van der Waals surface area (Å²) in [7, 11) is 4.42. The molecule has 0 saturated heterocycles. The number of ketones is 1. The molecule has 0 N–H and O–H groups in total. The number of benzene rings is 1. The van der Waals surface area contributed by atoms with Gasteiger partial charge in [0.25, 0.3) is 0 Å². The first-order valence-electron chi connectivity index (χ1n) is 7.69. The molecule has 0 unspecified atom stereocenters. The number of carbonyl (C=O) groups excluding carboxylic acids is 1. The first-order chi connectivity index (χ1) is 11.0. The molecule has 128 valence electrons. The van der Waals surface area contributed by atoms with E-state index in [-0.39, 0.29) is 12.4 Å². The number of carbonyl (C=O) groups is 1. The predicted molar refractivity (Wildman–Crippen MR) is 95.6 cm³/mol. The molecule has 6 heteroatoms. The van der Waals surface area contributed by atoms with Crippen LogP contribution in [0.1, 0.15) is 18.9 Å². The van der Waals surface area contributed by atoms with Gasteiger partial charge in [-0.2, -0.15) is 0 Å². The molecule has 0 aliphatic rings. The first kappa shape index (κ1) is 19.6. The van der Waals surface area contributed by atoms with Crippen molar-refractivity contribution in [3.8, 4) is 0 Å². The highest BCUT2D eigenvalue weighted by Gasteiger charge is 2.38. The molecule has 0 saturated carbocycles. The SMILES string of the molecule is CCC[Si](OC)(OC)OCC(=O)C=Cc1ccc(N(C)C)cc1. The summed E-state index contributed by atoms with van der Waals surface area (Å²) in [5.74, 6) is -0.108. The van der Waals surface area contributed by atoms with Gasteiger partial charge in [0, 0.05) is 40.0 Å². The van der Waals surface area contributed by atoms with E-state index >= 15 is 0 Å². The second-order valence-electron chi connectivity index (χ2n) is 5.42. The van der Waals surface area contributed by atoms with Gasteiger partial charge >= 0.3 is 8.80 Å². The van der Waals surface area contributed by atoms with Crippen molar-refractivity contribution in [3.63, 3.8) is 0 Å². The van der Waals surface area contributed by atoms with Crippen LogP contribution in [0.15, 0.2) is 30.3 Å². The highest BCUT2D eigenvalue weighted by Crippen LogP contribution is 2.16. The third kappa shape index (κ3) is 6.27. The Hall–Kier alpha value is -1.47. The predicted octanol–water partition coefficient (Wildman–Crippen LogP) is 2.99. The van der Waals surface area contributed by atoms with Crippen LogP contribution in [0.5, 0.6) is 0 Å².